The minimum atomic E-state index is -0.325. The van der Waals surface area contributed by atoms with Crippen LogP contribution < -0.4 is 4.74 Å². The van der Waals surface area contributed by atoms with Crippen LogP contribution in [0.3, 0.4) is 0 Å². The van der Waals surface area contributed by atoms with Gasteiger partial charge in [0.1, 0.15) is 11.6 Å². The summed E-state index contributed by atoms with van der Waals surface area (Å²) < 4.78 is 18.3. The van der Waals surface area contributed by atoms with E-state index in [1.807, 2.05) is 34.9 Å². The first-order chi connectivity index (χ1) is 12.1. The van der Waals surface area contributed by atoms with E-state index in [4.69, 9.17) is 16.3 Å². The van der Waals surface area contributed by atoms with Crippen molar-refractivity contribution in [3.63, 3.8) is 0 Å². The minimum Gasteiger partial charge on any atom is -0.484 e. The van der Waals surface area contributed by atoms with Crippen LogP contribution in [-0.2, 0) is 4.79 Å². The number of ether oxygens (including phenoxy) is 1. The topological polar surface area (TPSA) is 29.5 Å². The highest BCUT2D eigenvalue weighted by Gasteiger charge is 2.23. The number of hydrogen-bond donors (Lipinski definition) is 0. The van der Waals surface area contributed by atoms with Crippen molar-refractivity contribution in [1.29, 1.82) is 0 Å². The molecule has 25 heavy (non-hydrogen) atoms. The third-order valence-corrected chi connectivity index (χ3v) is 5.78. The van der Waals surface area contributed by atoms with Crippen molar-refractivity contribution in [1.82, 2.24) is 4.90 Å². The van der Waals surface area contributed by atoms with Gasteiger partial charge in [-0.05, 0) is 42.3 Å². The zero-order valence-electron chi connectivity index (χ0n) is 13.7. The van der Waals surface area contributed by atoms with Crippen molar-refractivity contribution >= 4 is 29.3 Å². The van der Waals surface area contributed by atoms with Crippen molar-refractivity contribution in [2.24, 2.45) is 0 Å². The van der Waals surface area contributed by atoms with Crippen molar-refractivity contribution < 1.29 is 13.9 Å². The number of hydrogen-bond acceptors (Lipinski definition) is 3. The lowest BCUT2D eigenvalue weighted by Crippen LogP contribution is -2.36. The van der Waals surface area contributed by atoms with Gasteiger partial charge in [0.05, 0.1) is 0 Å². The number of benzene rings is 2. The first kappa shape index (κ1) is 18.1. The van der Waals surface area contributed by atoms with Crippen LogP contribution in [0, 0.1) is 5.82 Å². The number of thioether (sulfide) groups is 1. The standard InChI is InChI=1S/C19H19ClFNO2S/c20-17-4-2-1-3-16(17)18-9-10-22(11-12-25-18)19(23)13-24-15-7-5-14(21)6-8-15/h1-8,18H,9-13H2. The third kappa shape index (κ3) is 4.89. The molecule has 1 aliphatic heterocycles. The molecule has 1 saturated heterocycles. The minimum absolute atomic E-state index is 0.0347. The number of carbonyl (C=O) groups is 1. The second-order valence-corrected chi connectivity index (χ2v) is 7.51. The SMILES string of the molecule is O=C(COc1ccc(F)cc1)N1CCSC(c2ccccc2Cl)CC1. The number of carbonyl (C=O) groups excluding carboxylic acids is 1. The predicted molar refractivity (Wildman–Crippen MR) is 99.7 cm³/mol. The van der Waals surface area contributed by atoms with Crippen LogP contribution in [0.15, 0.2) is 48.5 Å². The van der Waals surface area contributed by atoms with E-state index < -0.39 is 0 Å². The van der Waals surface area contributed by atoms with Gasteiger partial charge in [0.25, 0.3) is 5.91 Å². The van der Waals surface area contributed by atoms with Gasteiger partial charge in [-0.3, -0.25) is 4.79 Å². The molecule has 1 fully saturated rings. The first-order valence-electron chi connectivity index (χ1n) is 8.15. The molecule has 1 unspecified atom stereocenters. The maximum Gasteiger partial charge on any atom is 0.260 e. The largest absolute Gasteiger partial charge is 0.484 e. The average molecular weight is 380 g/mol. The Kier molecular flexibility index (Phi) is 6.21. The highest BCUT2D eigenvalue weighted by atomic mass is 35.5. The van der Waals surface area contributed by atoms with E-state index in [0.29, 0.717) is 24.1 Å². The van der Waals surface area contributed by atoms with Crippen LogP contribution in [0.2, 0.25) is 5.02 Å². The molecule has 0 N–H and O–H groups in total. The fourth-order valence-corrected chi connectivity index (χ4v) is 4.37. The van der Waals surface area contributed by atoms with Gasteiger partial charge >= 0.3 is 0 Å². The van der Waals surface area contributed by atoms with Gasteiger partial charge in [0, 0.05) is 29.1 Å². The van der Waals surface area contributed by atoms with Crippen molar-refractivity contribution in [3.05, 3.63) is 64.9 Å². The summed E-state index contributed by atoms with van der Waals surface area (Å²) in [4.78, 5) is 14.2. The highest BCUT2D eigenvalue weighted by molar-refractivity contribution is 7.99. The summed E-state index contributed by atoms with van der Waals surface area (Å²) in [5, 5.41) is 1.07. The molecule has 1 heterocycles. The second-order valence-electron chi connectivity index (χ2n) is 5.79. The Labute approximate surface area is 156 Å². The Bertz CT molecular complexity index is 726. The molecule has 0 spiro atoms. The van der Waals surface area contributed by atoms with Gasteiger partial charge in [-0.1, -0.05) is 29.8 Å². The van der Waals surface area contributed by atoms with E-state index in [1.54, 1.807) is 0 Å². The Hall–Kier alpha value is -1.72. The zero-order valence-corrected chi connectivity index (χ0v) is 15.2. The average Bonchev–Trinajstić information content (AvgIpc) is 2.87. The lowest BCUT2D eigenvalue weighted by atomic mass is 10.1. The highest BCUT2D eigenvalue weighted by Crippen LogP contribution is 2.37. The van der Waals surface area contributed by atoms with Crippen LogP contribution >= 0.6 is 23.4 Å². The molecule has 132 valence electrons. The molecule has 2 aromatic rings. The third-order valence-electron chi connectivity index (χ3n) is 4.12. The monoisotopic (exact) mass is 379 g/mol. The quantitative estimate of drug-likeness (QED) is 0.779. The van der Waals surface area contributed by atoms with E-state index in [1.165, 1.54) is 24.3 Å². The van der Waals surface area contributed by atoms with E-state index in [2.05, 4.69) is 6.07 Å². The molecule has 2 aromatic carbocycles. The summed E-state index contributed by atoms with van der Waals surface area (Å²) >= 11 is 8.13. The molecule has 0 aliphatic carbocycles. The summed E-state index contributed by atoms with van der Waals surface area (Å²) in [5.74, 6) is 0.976. The molecular formula is C19H19ClFNO2S. The Morgan fingerprint density at radius 3 is 2.72 bits per heavy atom. The van der Waals surface area contributed by atoms with Crippen LogP contribution in [0.1, 0.15) is 17.2 Å². The van der Waals surface area contributed by atoms with Crippen LogP contribution in [-0.4, -0.2) is 36.3 Å². The van der Waals surface area contributed by atoms with Crippen molar-refractivity contribution in [2.75, 3.05) is 25.4 Å². The van der Waals surface area contributed by atoms with Crippen molar-refractivity contribution in [3.8, 4) is 5.75 Å². The number of halogens is 2. The molecule has 0 radical (unpaired) electrons. The van der Waals surface area contributed by atoms with Gasteiger partial charge in [0.2, 0.25) is 0 Å². The van der Waals surface area contributed by atoms with Gasteiger partial charge < -0.3 is 9.64 Å². The summed E-state index contributed by atoms with van der Waals surface area (Å²) in [5.41, 5.74) is 1.13. The fraction of sp³-hybridized carbons (Fsp3) is 0.316. The summed E-state index contributed by atoms with van der Waals surface area (Å²) in [6.45, 7) is 1.33. The normalized spacial score (nSPS) is 17.8. The van der Waals surface area contributed by atoms with E-state index in [0.717, 1.165) is 22.8 Å². The van der Waals surface area contributed by atoms with Crippen LogP contribution in [0.4, 0.5) is 4.39 Å². The fourth-order valence-electron chi connectivity index (χ4n) is 2.77. The second kappa shape index (κ2) is 8.59. The van der Waals surface area contributed by atoms with Crippen LogP contribution in [0.25, 0.3) is 0 Å². The number of rotatable bonds is 4. The first-order valence-corrected chi connectivity index (χ1v) is 9.58. The van der Waals surface area contributed by atoms with E-state index in [-0.39, 0.29) is 18.3 Å². The van der Waals surface area contributed by atoms with Gasteiger partial charge in [-0.15, -0.1) is 0 Å². The van der Waals surface area contributed by atoms with Gasteiger partial charge in [-0.2, -0.15) is 11.8 Å². The Morgan fingerprint density at radius 2 is 1.96 bits per heavy atom. The molecule has 6 heteroatoms. The van der Waals surface area contributed by atoms with E-state index >= 15 is 0 Å². The molecule has 1 atom stereocenters. The van der Waals surface area contributed by atoms with Crippen molar-refractivity contribution in [2.45, 2.75) is 11.7 Å². The molecule has 0 saturated carbocycles. The molecule has 3 nitrogen and oxygen atoms in total. The molecule has 0 aromatic heterocycles. The van der Waals surface area contributed by atoms with Gasteiger partial charge in [0.15, 0.2) is 6.61 Å². The predicted octanol–water partition coefficient (Wildman–Crippen LogP) is 4.56. The van der Waals surface area contributed by atoms with E-state index in [9.17, 15) is 9.18 Å². The number of nitrogens with zero attached hydrogens (tertiary/aromatic N) is 1. The summed E-state index contributed by atoms with van der Waals surface area (Å²) in [7, 11) is 0. The summed E-state index contributed by atoms with van der Waals surface area (Å²) in [6, 6.07) is 13.6. The Morgan fingerprint density at radius 1 is 1.20 bits per heavy atom. The molecule has 1 aliphatic rings. The molecule has 3 rings (SSSR count). The smallest absolute Gasteiger partial charge is 0.260 e. The lowest BCUT2D eigenvalue weighted by Gasteiger charge is -2.20. The maximum absolute atomic E-state index is 12.9. The van der Waals surface area contributed by atoms with Gasteiger partial charge in [-0.25, -0.2) is 4.39 Å². The number of amides is 1. The lowest BCUT2D eigenvalue weighted by molar-refractivity contribution is -0.133. The molecule has 1 amide bonds. The Balaban J connectivity index is 1.54. The summed E-state index contributed by atoms with van der Waals surface area (Å²) in [6.07, 6.45) is 0.858. The maximum atomic E-state index is 12.9. The zero-order chi connectivity index (χ0) is 17.6. The van der Waals surface area contributed by atoms with Crippen LogP contribution in [0.5, 0.6) is 5.75 Å². The molecular weight excluding hydrogens is 361 g/mol. The molecule has 0 bridgehead atoms.